The lowest BCUT2D eigenvalue weighted by Gasteiger charge is -2.54. The van der Waals surface area contributed by atoms with Crippen molar-refractivity contribution in [2.75, 3.05) is 20.6 Å². The van der Waals surface area contributed by atoms with Crippen LogP contribution in [0.3, 0.4) is 0 Å². The quantitative estimate of drug-likeness (QED) is 0.460. The van der Waals surface area contributed by atoms with Gasteiger partial charge >= 0.3 is 0 Å². The van der Waals surface area contributed by atoms with Crippen molar-refractivity contribution in [1.82, 2.24) is 0 Å². The fourth-order valence-corrected chi connectivity index (χ4v) is 6.81. The van der Waals surface area contributed by atoms with Crippen molar-refractivity contribution >= 4 is 0 Å². The monoisotopic (exact) mass is 382 g/mol. The Morgan fingerprint density at radius 1 is 1.00 bits per heavy atom. The molecule has 0 spiro atoms. The van der Waals surface area contributed by atoms with E-state index in [0.29, 0.717) is 18.1 Å². The maximum absolute atomic E-state index is 6.98. The van der Waals surface area contributed by atoms with E-state index >= 15 is 0 Å². The molecule has 0 N–H and O–H groups in total. The maximum atomic E-state index is 6.98. The van der Waals surface area contributed by atoms with Crippen LogP contribution >= 0.6 is 0 Å². The highest BCUT2D eigenvalue weighted by Crippen LogP contribution is 2.50. The summed E-state index contributed by atoms with van der Waals surface area (Å²) in [7, 11) is 4.78. The number of ether oxygens (including phenoxy) is 1. The lowest BCUT2D eigenvalue weighted by Crippen LogP contribution is -2.58. The number of nitrogens with zero attached hydrogens (tertiary/aromatic N) is 1. The number of allylic oxidation sites excluding steroid dienone is 2. The molecule has 2 fully saturated rings. The van der Waals surface area contributed by atoms with Crippen molar-refractivity contribution < 1.29 is 9.22 Å². The van der Waals surface area contributed by atoms with Crippen LogP contribution in [-0.4, -0.2) is 37.3 Å². The van der Waals surface area contributed by atoms with Crippen LogP contribution in [0.4, 0.5) is 0 Å². The summed E-state index contributed by atoms with van der Waals surface area (Å²) in [6.07, 6.45) is 13.9. The number of hydrogen-bond acceptors (Lipinski definition) is 1. The van der Waals surface area contributed by atoms with Crippen molar-refractivity contribution in [1.29, 1.82) is 0 Å². The van der Waals surface area contributed by atoms with E-state index < -0.39 is 0 Å². The predicted molar refractivity (Wildman–Crippen MR) is 117 cm³/mol. The average Bonchev–Trinajstić information content (AvgIpc) is 2.67. The molecule has 1 aliphatic heterocycles. The van der Waals surface area contributed by atoms with Crippen LogP contribution < -0.4 is 0 Å². The summed E-state index contributed by atoms with van der Waals surface area (Å²) >= 11 is 0. The van der Waals surface area contributed by atoms with Gasteiger partial charge in [0.2, 0.25) is 0 Å². The van der Waals surface area contributed by atoms with Crippen LogP contribution in [0.25, 0.3) is 0 Å². The highest BCUT2D eigenvalue weighted by atomic mass is 16.5. The van der Waals surface area contributed by atoms with Gasteiger partial charge in [0.25, 0.3) is 0 Å². The summed E-state index contributed by atoms with van der Waals surface area (Å²) in [5.74, 6) is 2.23. The fourth-order valence-electron chi connectivity index (χ4n) is 6.81. The first-order valence-corrected chi connectivity index (χ1v) is 11.5. The predicted octanol–water partition coefficient (Wildman–Crippen LogP) is 5.83. The van der Waals surface area contributed by atoms with Crippen molar-refractivity contribution in [2.24, 2.45) is 23.2 Å². The Kier molecular flexibility index (Phi) is 5.73. The third-order valence-corrected chi connectivity index (χ3v) is 7.54. The Morgan fingerprint density at radius 2 is 1.75 bits per heavy atom. The number of hydrogen-bond donors (Lipinski definition) is 0. The van der Waals surface area contributed by atoms with Gasteiger partial charge in [-0.25, -0.2) is 0 Å². The molecular weight excluding hydrogens is 342 g/mol. The number of benzene rings is 1. The van der Waals surface area contributed by atoms with Crippen LogP contribution in [0.5, 0.6) is 0 Å². The normalized spacial score (nSPS) is 33.2. The van der Waals surface area contributed by atoms with Gasteiger partial charge in [0.15, 0.2) is 0 Å². The summed E-state index contributed by atoms with van der Waals surface area (Å²) in [4.78, 5) is 0. The van der Waals surface area contributed by atoms with E-state index in [0.717, 1.165) is 29.4 Å². The molecule has 1 saturated heterocycles. The van der Waals surface area contributed by atoms with Crippen LogP contribution in [-0.2, 0) is 11.3 Å². The third-order valence-electron chi connectivity index (χ3n) is 7.54. The molecule has 0 amide bonds. The summed E-state index contributed by atoms with van der Waals surface area (Å²) in [5, 5.41) is 0. The van der Waals surface area contributed by atoms with E-state index in [1.165, 1.54) is 44.1 Å². The molecule has 154 valence electrons. The van der Waals surface area contributed by atoms with Gasteiger partial charge in [-0.2, -0.15) is 0 Å². The molecule has 3 aliphatic rings. The smallest absolute Gasteiger partial charge is 0.104 e. The fraction of sp³-hybridized carbons (Fsp3) is 0.692. The molecule has 2 heteroatoms. The van der Waals surface area contributed by atoms with E-state index in [2.05, 4.69) is 70.4 Å². The standard InChI is InChI=1S/C26H40NO/c1-26(2,19-27(3,4)18-20-12-6-5-7-13-20)25-23-16-9-8-14-21(23)22-15-10-11-17-24(22)28-25/h5-8,12-14,21-25H,9-11,15-19H2,1-4H3/q+1/t21-,22+,23+,24+,25-/m1/s1. The second-order valence-electron chi connectivity index (χ2n) is 11.0. The lowest BCUT2D eigenvalue weighted by molar-refractivity contribution is -0.910. The van der Waals surface area contributed by atoms with E-state index in [1.54, 1.807) is 0 Å². The van der Waals surface area contributed by atoms with Gasteiger partial charge in [0, 0.05) is 11.0 Å². The molecule has 0 bridgehead atoms. The molecule has 1 aromatic carbocycles. The number of fused-ring (bicyclic) bond motifs is 3. The van der Waals surface area contributed by atoms with Crippen LogP contribution in [0, 0.1) is 23.2 Å². The minimum absolute atomic E-state index is 0.175. The van der Waals surface area contributed by atoms with Crippen LogP contribution in [0.2, 0.25) is 0 Å². The van der Waals surface area contributed by atoms with Crippen LogP contribution in [0.15, 0.2) is 42.5 Å². The first kappa shape index (κ1) is 20.2. The summed E-state index contributed by atoms with van der Waals surface area (Å²) in [5.41, 5.74) is 1.60. The Morgan fingerprint density at radius 3 is 2.54 bits per heavy atom. The molecule has 4 rings (SSSR count). The van der Waals surface area contributed by atoms with E-state index in [4.69, 9.17) is 4.74 Å². The van der Waals surface area contributed by atoms with E-state index in [9.17, 15) is 0 Å². The Bertz CT molecular complexity index is 677. The summed E-state index contributed by atoms with van der Waals surface area (Å²) in [6.45, 7) is 7.18. The van der Waals surface area contributed by atoms with E-state index in [1.807, 2.05) is 0 Å². The zero-order chi connectivity index (χ0) is 19.8. The van der Waals surface area contributed by atoms with Crippen molar-refractivity contribution in [3.8, 4) is 0 Å². The molecule has 28 heavy (non-hydrogen) atoms. The molecular formula is C26H40NO+. The van der Waals surface area contributed by atoms with Gasteiger partial charge in [-0.15, -0.1) is 0 Å². The zero-order valence-corrected chi connectivity index (χ0v) is 18.4. The highest BCUT2D eigenvalue weighted by molar-refractivity contribution is 5.13. The van der Waals surface area contributed by atoms with Gasteiger partial charge in [-0.3, -0.25) is 0 Å². The molecule has 5 atom stereocenters. The largest absolute Gasteiger partial charge is 0.374 e. The molecule has 1 saturated carbocycles. The van der Waals surface area contributed by atoms with Gasteiger partial charge in [-0.05, 0) is 43.4 Å². The van der Waals surface area contributed by atoms with Gasteiger partial charge in [-0.1, -0.05) is 69.2 Å². The average molecular weight is 383 g/mol. The second-order valence-corrected chi connectivity index (χ2v) is 11.0. The Labute approximate surface area is 172 Å². The molecule has 2 aliphatic carbocycles. The minimum Gasteiger partial charge on any atom is -0.374 e. The first-order chi connectivity index (χ1) is 13.4. The molecule has 1 heterocycles. The number of rotatable bonds is 5. The Hall–Kier alpha value is -1.12. The summed E-state index contributed by atoms with van der Waals surface area (Å²) < 4.78 is 7.99. The first-order valence-electron chi connectivity index (χ1n) is 11.5. The maximum Gasteiger partial charge on any atom is 0.104 e. The molecule has 0 aromatic heterocycles. The second kappa shape index (κ2) is 7.95. The lowest BCUT2D eigenvalue weighted by atomic mass is 9.61. The van der Waals surface area contributed by atoms with Gasteiger partial charge in [0.1, 0.15) is 6.54 Å². The van der Waals surface area contributed by atoms with Crippen molar-refractivity contribution in [3.05, 3.63) is 48.0 Å². The molecule has 1 aromatic rings. The summed E-state index contributed by atoms with van der Waals surface area (Å²) in [6, 6.07) is 11.0. The zero-order valence-electron chi connectivity index (χ0n) is 18.4. The topological polar surface area (TPSA) is 9.23 Å². The third kappa shape index (κ3) is 4.24. The number of quaternary nitrogens is 1. The Balaban J connectivity index is 1.53. The molecule has 2 nitrogen and oxygen atoms in total. The van der Waals surface area contributed by atoms with Gasteiger partial charge in [0.05, 0.1) is 32.8 Å². The van der Waals surface area contributed by atoms with Crippen molar-refractivity contribution in [2.45, 2.75) is 71.1 Å². The highest BCUT2D eigenvalue weighted by Gasteiger charge is 2.51. The van der Waals surface area contributed by atoms with E-state index in [-0.39, 0.29) is 5.41 Å². The molecule has 0 radical (unpaired) electrons. The minimum atomic E-state index is 0.175. The van der Waals surface area contributed by atoms with Gasteiger partial charge < -0.3 is 9.22 Å². The van der Waals surface area contributed by atoms with Crippen LogP contribution in [0.1, 0.15) is 57.9 Å². The van der Waals surface area contributed by atoms with Crippen molar-refractivity contribution in [3.63, 3.8) is 0 Å². The SMILES string of the molecule is CC(C)(C[N+](C)(C)Cc1ccccc1)[C@@H]1O[C@H]2CCCC[C@H]2[C@H]2C=CCC[C@@H]21. The molecule has 0 unspecified atom stereocenters.